The fraction of sp³-hybridized carbons (Fsp3) is 1.00. The first kappa shape index (κ1) is 5.13. The summed E-state index contributed by atoms with van der Waals surface area (Å²) < 4.78 is 0. The zero-order chi connectivity index (χ0) is 5.28. The number of hydrogen-bond acceptors (Lipinski definition) is 2. The normalized spacial score (nSPS) is 24.3. The van der Waals surface area contributed by atoms with Crippen molar-refractivity contribution in [3.63, 3.8) is 0 Å². The van der Waals surface area contributed by atoms with Crippen LogP contribution in [-0.4, -0.2) is 32.5 Å². The summed E-state index contributed by atoms with van der Waals surface area (Å²) in [4.78, 5) is 2.28. The Morgan fingerprint density at radius 2 is 2.29 bits per heavy atom. The zero-order valence-corrected chi connectivity index (χ0v) is 4.72. The van der Waals surface area contributed by atoms with E-state index in [2.05, 4.69) is 11.9 Å². The number of hydrogen-bond donors (Lipinski definition) is 1. The van der Waals surface area contributed by atoms with Gasteiger partial charge in [0.05, 0.1) is 0 Å². The van der Waals surface area contributed by atoms with E-state index in [9.17, 15) is 0 Å². The summed E-state index contributed by atoms with van der Waals surface area (Å²) in [7, 11) is 2.98. The van der Waals surface area contributed by atoms with E-state index in [1.165, 1.54) is 13.1 Å². The highest BCUT2D eigenvalue weighted by Crippen LogP contribution is 2.14. The standard InChI is InChI=1S/C4H11BN2/c1-7-2-4(3-7)5-6/h4-5H,2-3,6H2,1H3. The Balaban J connectivity index is 2.06. The molecule has 1 fully saturated rings. The Bertz CT molecular complexity index is 60.7. The van der Waals surface area contributed by atoms with Crippen LogP contribution in [0.1, 0.15) is 0 Å². The van der Waals surface area contributed by atoms with Crippen molar-refractivity contribution in [3.05, 3.63) is 0 Å². The van der Waals surface area contributed by atoms with E-state index in [1.54, 1.807) is 0 Å². The Morgan fingerprint density at radius 1 is 1.71 bits per heavy atom. The minimum atomic E-state index is 0.796. The first-order valence-corrected chi connectivity index (χ1v) is 2.71. The molecule has 1 aliphatic heterocycles. The molecule has 1 heterocycles. The summed E-state index contributed by atoms with van der Waals surface area (Å²) in [6, 6.07) is 0. The van der Waals surface area contributed by atoms with Crippen molar-refractivity contribution in [1.82, 2.24) is 4.90 Å². The Labute approximate surface area is 44.9 Å². The number of likely N-dealkylation sites (tertiary alicyclic amines) is 1. The van der Waals surface area contributed by atoms with Crippen LogP contribution in [0, 0.1) is 0 Å². The van der Waals surface area contributed by atoms with Gasteiger partial charge in [-0.3, -0.25) is 0 Å². The fourth-order valence-corrected chi connectivity index (χ4v) is 0.977. The molecule has 1 rings (SSSR count). The van der Waals surface area contributed by atoms with Gasteiger partial charge in [-0.1, -0.05) is 0 Å². The third kappa shape index (κ3) is 0.953. The molecule has 2 N–H and O–H groups in total. The molecule has 2 nitrogen and oxygen atoms in total. The lowest BCUT2D eigenvalue weighted by Gasteiger charge is -2.34. The zero-order valence-electron chi connectivity index (χ0n) is 4.72. The molecule has 0 atom stereocenters. The number of nitrogens with two attached hydrogens (primary N) is 1. The predicted molar refractivity (Wildman–Crippen MR) is 32.6 cm³/mol. The summed E-state index contributed by atoms with van der Waals surface area (Å²) in [6.45, 7) is 2.41. The highest BCUT2D eigenvalue weighted by Gasteiger charge is 2.21. The van der Waals surface area contributed by atoms with Gasteiger partial charge in [0.1, 0.15) is 0 Å². The molecule has 1 aliphatic rings. The molecule has 0 saturated carbocycles. The van der Waals surface area contributed by atoms with Crippen LogP contribution in [0.4, 0.5) is 0 Å². The van der Waals surface area contributed by atoms with Crippen LogP contribution in [-0.2, 0) is 0 Å². The quantitative estimate of drug-likeness (QED) is 0.427. The van der Waals surface area contributed by atoms with Gasteiger partial charge in [-0.25, -0.2) is 0 Å². The molecular weight excluding hydrogens is 86.9 g/mol. The van der Waals surface area contributed by atoms with Crippen molar-refractivity contribution >= 4 is 7.41 Å². The van der Waals surface area contributed by atoms with Crippen LogP contribution in [0.5, 0.6) is 0 Å². The smallest absolute Gasteiger partial charge is 0.204 e. The van der Waals surface area contributed by atoms with Crippen molar-refractivity contribution in [2.45, 2.75) is 5.82 Å². The molecule has 0 unspecified atom stereocenters. The summed E-state index contributed by atoms with van der Waals surface area (Å²) in [6.07, 6.45) is 0. The van der Waals surface area contributed by atoms with E-state index in [0.29, 0.717) is 0 Å². The van der Waals surface area contributed by atoms with Crippen LogP contribution >= 0.6 is 0 Å². The van der Waals surface area contributed by atoms with Gasteiger partial charge in [0.25, 0.3) is 0 Å². The van der Waals surface area contributed by atoms with Crippen LogP contribution in [0.3, 0.4) is 0 Å². The van der Waals surface area contributed by atoms with Crippen molar-refractivity contribution in [2.24, 2.45) is 5.64 Å². The molecule has 0 aromatic rings. The van der Waals surface area contributed by atoms with Gasteiger partial charge < -0.3 is 10.5 Å². The molecule has 7 heavy (non-hydrogen) atoms. The lowest BCUT2D eigenvalue weighted by Crippen LogP contribution is -2.44. The van der Waals surface area contributed by atoms with Crippen molar-refractivity contribution in [3.8, 4) is 0 Å². The summed E-state index contributed by atoms with van der Waals surface area (Å²) in [5, 5.41) is 0. The topological polar surface area (TPSA) is 29.3 Å². The van der Waals surface area contributed by atoms with Gasteiger partial charge >= 0.3 is 0 Å². The van der Waals surface area contributed by atoms with Gasteiger partial charge in [0.15, 0.2) is 0 Å². The Hall–Kier alpha value is -0.0151. The lowest BCUT2D eigenvalue weighted by molar-refractivity contribution is 0.228. The maximum atomic E-state index is 5.37. The van der Waals surface area contributed by atoms with Gasteiger partial charge in [-0.15, -0.1) is 0 Å². The second-order valence-corrected chi connectivity index (χ2v) is 2.32. The molecule has 1 saturated heterocycles. The van der Waals surface area contributed by atoms with Crippen LogP contribution in [0.15, 0.2) is 0 Å². The molecule has 0 aromatic carbocycles. The molecule has 0 aliphatic carbocycles. The molecule has 3 heteroatoms. The monoisotopic (exact) mass is 98.1 g/mol. The molecular formula is C4H11BN2. The third-order valence-corrected chi connectivity index (χ3v) is 1.47. The van der Waals surface area contributed by atoms with E-state index in [1.807, 2.05) is 0 Å². The van der Waals surface area contributed by atoms with Gasteiger partial charge in [0, 0.05) is 0 Å². The maximum Gasteiger partial charge on any atom is 0.204 e. The summed E-state index contributed by atoms with van der Waals surface area (Å²) in [5.41, 5.74) is 5.37. The fourth-order valence-electron chi connectivity index (χ4n) is 0.977. The van der Waals surface area contributed by atoms with E-state index < -0.39 is 0 Å². The molecule has 40 valence electrons. The summed E-state index contributed by atoms with van der Waals surface area (Å²) in [5.74, 6) is 0.796. The molecule has 0 bridgehead atoms. The molecule has 0 aromatic heterocycles. The first-order chi connectivity index (χ1) is 3.33. The SMILES string of the molecule is CN1CC(BN)C1. The third-order valence-electron chi connectivity index (χ3n) is 1.47. The summed E-state index contributed by atoms with van der Waals surface area (Å²) >= 11 is 0. The first-order valence-electron chi connectivity index (χ1n) is 2.71. The Kier molecular flexibility index (Phi) is 1.35. The van der Waals surface area contributed by atoms with Gasteiger partial charge in [-0.2, -0.15) is 0 Å². The second kappa shape index (κ2) is 1.84. The van der Waals surface area contributed by atoms with E-state index in [0.717, 1.165) is 13.2 Å². The van der Waals surface area contributed by atoms with E-state index >= 15 is 0 Å². The van der Waals surface area contributed by atoms with Gasteiger partial charge in [-0.05, 0) is 26.0 Å². The van der Waals surface area contributed by atoms with Crippen molar-refractivity contribution in [1.29, 1.82) is 0 Å². The van der Waals surface area contributed by atoms with Crippen molar-refractivity contribution < 1.29 is 0 Å². The minimum absolute atomic E-state index is 0.796. The molecule has 0 radical (unpaired) electrons. The van der Waals surface area contributed by atoms with E-state index in [4.69, 9.17) is 5.64 Å². The van der Waals surface area contributed by atoms with Crippen molar-refractivity contribution in [2.75, 3.05) is 20.1 Å². The predicted octanol–water partition coefficient (Wildman–Crippen LogP) is -0.970. The average molecular weight is 98.0 g/mol. The average Bonchev–Trinajstić information content (AvgIpc) is 1.58. The Morgan fingerprint density at radius 3 is 2.43 bits per heavy atom. The lowest BCUT2D eigenvalue weighted by atomic mass is 9.72. The van der Waals surface area contributed by atoms with Crippen LogP contribution in [0.25, 0.3) is 0 Å². The second-order valence-electron chi connectivity index (χ2n) is 2.32. The largest absolute Gasteiger partial charge is 0.372 e. The highest BCUT2D eigenvalue weighted by molar-refractivity contribution is 6.33. The molecule has 0 spiro atoms. The maximum absolute atomic E-state index is 5.37. The number of rotatable bonds is 1. The van der Waals surface area contributed by atoms with Gasteiger partial charge in [0.2, 0.25) is 7.41 Å². The highest BCUT2D eigenvalue weighted by atomic mass is 15.1. The minimum Gasteiger partial charge on any atom is -0.372 e. The molecule has 0 amide bonds. The van der Waals surface area contributed by atoms with Crippen LogP contribution in [0.2, 0.25) is 5.82 Å². The van der Waals surface area contributed by atoms with Crippen LogP contribution < -0.4 is 5.64 Å². The van der Waals surface area contributed by atoms with E-state index in [-0.39, 0.29) is 0 Å². The number of nitrogens with zero attached hydrogens (tertiary/aromatic N) is 1.